The van der Waals surface area contributed by atoms with Gasteiger partial charge in [0, 0.05) is 24.2 Å². The van der Waals surface area contributed by atoms with Crippen LogP contribution in [0.15, 0.2) is 0 Å². The summed E-state index contributed by atoms with van der Waals surface area (Å²) in [4.78, 5) is 8.62. The molecule has 0 aromatic carbocycles. The van der Waals surface area contributed by atoms with E-state index in [0.29, 0.717) is 18.8 Å². The summed E-state index contributed by atoms with van der Waals surface area (Å²) >= 11 is 0. The van der Waals surface area contributed by atoms with Gasteiger partial charge in [-0.2, -0.15) is 0 Å². The topological polar surface area (TPSA) is 72.0 Å². The first-order valence-electron chi connectivity index (χ1n) is 5.22. The molecule has 1 aliphatic heterocycles. The molecule has 0 amide bonds. The van der Waals surface area contributed by atoms with Gasteiger partial charge >= 0.3 is 0 Å². The summed E-state index contributed by atoms with van der Waals surface area (Å²) in [6.07, 6.45) is 0.512. The minimum Gasteiger partial charge on any atom is -0.314 e. The fourth-order valence-corrected chi connectivity index (χ4v) is 3.37. The maximum absolute atomic E-state index is 11.6. The van der Waals surface area contributed by atoms with Crippen molar-refractivity contribution in [3.8, 4) is 0 Å². The Morgan fingerprint density at radius 3 is 2.81 bits per heavy atom. The standard InChI is InChI=1S/C10H15N3O2S/c1-7-12-9-3-4-16(14,15)6-8(9)10(13-7)5-11-2/h11H,3-6H2,1-2H3. The summed E-state index contributed by atoms with van der Waals surface area (Å²) in [6.45, 7) is 2.42. The maximum Gasteiger partial charge on any atom is 0.154 e. The molecule has 1 aromatic heterocycles. The van der Waals surface area contributed by atoms with Gasteiger partial charge in [-0.05, 0) is 14.0 Å². The molecule has 0 aliphatic carbocycles. The van der Waals surface area contributed by atoms with E-state index >= 15 is 0 Å². The van der Waals surface area contributed by atoms with Crippen molar-refractivity contribution in [1.29, 1.82) is 0 Å². The zero-order chi connectivity index (χ0) is 11.8. The molecule has 0 saturated carbocycles. The molecule has 0 atom stereocenters. The molecular weight excluding hydrogens is 226 g/mol. The lowest BCUT2D eigenvalue weighted by Gasteiger charge is -2.18. The van der Waals surface area contributed by atoms with Gasteiger partial charge < -0.3 is 5.32 Å². The van der Waals surface area contributed by atoms with Crippen LogP contribution in [-0.4, -0.2) is 31.2 Å². The van der Waals surface area contributed by atoms with Crippen LogP contribution in [0.5, 0.6) is 0 Å². The summed E-state index contributed by atoms with van der Waals surface area (Å²) in [5.74, 6) is 0.998. The Morgan fingerprint density at radius 1 is 1.38 bits per heavy atom. The third kappa shape index (κ3) is 2.22. The van der Waals surface area contributed by atoms with E-state index in [2.05, 4.69) is 15.3 Å². The van der Waals surface area contributed by atoms with Gasteiger partial charge in [0.2, 0.25) is 0 Å². The Morgan fingerprint density at radius 2 is 2.12 bits per heavy atom. The Balaban J connectivity index is 2.51. The lowest BCUT2D eigenvalue weighted by atomic mass is 10.1. The molecule has 1 aromatic rings. The molecule has 0 unspecified atom stereocenters. The van der Waals surface area contributed by atoms with Crippen molar-refractivity contribution < 1.29 is 8.42 Å². The number of nitrogens with zero attached hydrogens (tertiary/aromatic N) is 2. The quantitative estimate of drug-likeness (QED) is 0.787. The Bertz CT molecular complexity index is 511. The molecule has 0 saturated heterocycles. The van der Waals surface area contributed by atoms with E-state index in [9.17, 15) is 8.42 Å². The van der Waals surface area contributed by atoms with Crippen LogP contribution < -0.4 is 5.32 Å². The Hall–Kier alpha value is -1.01. The van der Waals surface area contributed by atoms with Crippen LogP contribution in [0.2, 0.25) is 0 Å². The average molecular weight is 241 g/mol. The minimum absolute atomic E-state index is 0.0830. The molecule has 1 N–H and O–H groups in total. The second-order valence-electron chi connectivity index (χ2n) is 4.02. The van der Waals surface area contributed by atoms with Gasteiger partial charge in [-0.1, -0.05) is 0 Å². The second kappa shape index (κ2) is 4.10. The van der Waals surface area contributed by atoms with Crippen molar-refractivity contribution in [2.45, 2.75) is 25.6 Å². The predicted molar refractivity (Wildman–Crippen MR) is 60.7 cm³/mol. The summed E-state index contributed by atoms with van der Waals surface area (Å²) in [5.41, 5.74) is 2.51. The van der Waals surface area contributed by atoms with Crippen molar-refractivity contribution in [3.63, 3.8) is 0 Å². The molecule has 5 nitrogen and oxygen atoms in total. The summed E-state index contributed by atoms with van der Waals surface area (Å²) in [5, 5.41) is 3.00. The summed E-state index contributed by atoms with van der Waals surface area (Å²) in [7, 11) is -1.14. The predicted octanol–water partition coefficient (Wildman–Crippen LogP) is -0.0247. The first-order valence-corrected chi connectivity index (χ1v) is 7.04. The van der Waals surface area contributed by atoms with Crippen molar-refractivity contribution in [2.24, 2.45) is 0 Å². The van der Waals surface area contributed by atoms with E-state index in [1.807, 2.05) is 14.0 Å². The average Bonchev–Trinajstić information content (AvgIpc) is 2.19. The van der Waals surface area contributed by atoms with Gasteiger partial charge in [0.05, 0.1) is 17.2 Å². The van der Waals surface area contributed by atoms with E-state index in [4.69, 9.17) is 0 Å². The van der Waals surface area contributed by atoms with Gasteiger partial charge in [0.25, 0.3) is 0 Å². The van der Waals surface area contributed by atoms with E-state index in [0.717, 1.165) is 17.0 Å². The Labute approximate surface area is 95.2 Å². The monoisotopic (exact) mass is 241 g/mol. The van der Waals surface area contributed by atoms with E-state index < -0.39 is 9.84 Å². The van der Waals surface area contributed by atoms with Gasteiger partial charge in [-0.25, -0.2) is 18.4 Å². The van der Waals surface area contributed by atoms with Crippen molar-refractivity contribution in [2.75, 3.05) is 12.8 Å². The molecule has 2 heterocycles. The van der Waals surface area contributed by atoms with Crippen molar-refractivity contribution in [1.82, 2.24) is 15.3 Å². The molecule has 2 rings (SSSR count). The molecule has 0 bridgehead atoms. The van der Waals surface area contributed by atoms with Crippen LogP contribution in [0.4, 0.5) is 0 Å². The normalized spacial score (nSPS) is 18.1. The van der Waals surface area contributed by atoms with Gasteiger partial charge in [0.15, 0.2) is 9.84 Å². The van der Waals surface area contributed by atoms with E-state index in [-0.39, 0.29) is 11.5 Å². The lowest BCUT2D eigenvalue weighted by Crippen LogP contribution is -2.24. The number of aromatic nitrogens is 2. The highest BCUT2D eigenvalue weighted by Gasteiger charge is 2.25. The molecule has 6 heteroatoms. The fraction of sp³-hybridized carbons (Fsp3) is 0.600. The first-order chi connectivity index (χ1) is 7.52. The smallest absolute Gasteiger partial charge is 0.154 e. The summed E-state index contributed by atoms with van der Waals surface area (Å²) in [6, 6.07) is 0. The van der Waals surface area contributed by atoms with Gasteiger partial charge in [-0.15, -0.1) is 0 Å². The van der Waals surface area contributed by atoms with Gasteiger partial charge in [-0.3, -0.25) is 0 Å². The highest BCUT2D eigenvalue weighted by atomic mass is 32.2. The van der Waals surface area contributed by atoms with Gasteiger partial charge in [0.1, 0.15) is 5.82 Å². The molecule has 16 heavy (non-hydrogen) atoms. The van der Waals surface area contributed by atoms with Crippen LogP contribution in [0, 0.1) is 6.92 Å². The molecule has 0 radical (unpaired) electrons. The lowest BCUT2D eigenvalue weighted by molar-refractivity contribution is 0.588. The number of nitrogens with one attached hydrogen (secondary N) is 1. The second-order valence-corrected chi connectivity index (χ2v) is 6.20. The molecule has 0 fully saturated rings. The molecule has 0 spiro atoms. The zero-order valence-electron chi connectivity index (χ0n) is 9.45. The number of rotatable bonds is 2. The highest BCUT2D eigenvalue weighted by Crippen LogP contribution is 2.21. The number of hydrogen-bond donors (Lipinski definition) is 1. The number of sulfone groups is 1. The van der Waals surface area contributed by atoms with E-state index in [1.54, 1.807) is 0 Å². The van der Waals surface area contributed by atoms with Crippen LogP contribution in [0.1, 0.15) is 22.8 Å². The van der Waals surface area contributed by atoms with Crippen molar-refractivity contribution in [3.05, 3.63) is 22.8 Å². The third-order valence-corrected chi connectivity index (χ3v) is 4.20. The van der Waals surface area contributed by atoms with Crippen LogP contribution >= 0.6 is 0 Å². The van der Waals surface area contributed by atoms with Crippen LogP contribution in [0.3, 0.4) is 0 Å². The Kier molecular flexibility index (Phi) is 2.94. The molecule has 88 valence electrons. The maximum atomic E-state index is 11.6. The minimum atomic E-state index is -2.96. The SMILES string of the molecule is CNCc1nc(C)nc2c1CS(=O)(=O)CC2. The van der Waals surface area contributed by atoms with Crippen LogP contribution in [-0.2, 0) is 28.6 Å². The number of fused-ring (bicyclic) bond motifs is 1. The fourth-order valence-electron chi connectivity index (χ4n) is 1.95. The first kappa shape index (κ1) is 11.5. The zero-order valence-corrected chi connectivity index (χ0v) is 10.3. The molecular formula is C10H15N3O2S. The number of aryl methyl sites for hydroxylation is 2. The highest BCUT2D eigenvalue weighted by molar-refractivity contribution is 7.90. The largest absolute Gasteiger partial charge is 0.314 e. The summed E-state index contributed by atoms with van der Waals surface area (Å²) < 4.78 is 23.2. The number of hydrogen-bond acceptors (Lipinski definition) is 5. The van der Waals surface area contributed by atoms with Crippen LogP contribution in [0.25, 0.3) is 0 Å². The third-order valence-electron chi connectivity index (χ3n) is 2.65. The van der Waals surface area contributed by atoms with E-state index in [1.165, 1.54) is 0 Å². The van der Waals surface area contributed by atoms with Crippen molar-refractivity contribution >= 4 is 9.84 Å². The molecule has 1 aliphatic rings.